The summed E-state index contributed by atoms with van der Waals surface area (Å²) in [5, 5.41) is 4.14. The van der Waals surface area contributed by atoms with E-state index in [-0.39, 0.29) is 0 Å². The first kappa shape index (κ1) is 14.7. The molecule has 0 radical (unpaired) electrons. The van der Waals surface area contributed by atoms with Crippen molar-refractivity contribution in [3.63, 3.8) is 0 Å². The van der Waals surface area contributed by atoms with Crippen molar-refractivity contribution in [3.05, 3.63) is 29.8 Å². The van der Waals surface area contributed by atoms with Crippen LogP contribution in [0.4, 0.5) is 0 Å². The fraction of sp³-hybridized carbons (Fsp3) is 0.600. The summed E-state index contributed by atoms with van der Waals surface area (Å²) < 4.78 is 10.9. The van der Waals surface area contributed by atoms with Crippen molar-refractivity contribution in [2.24, 2.45) is 0 Å². The van der Waals surface area contributed by atoms with Gasteiger partial charge in [-0.3, -0.25) is 0 Å². The highest BCUT2D eigenvalue weighted by Gasteiger charge is 2.19. The van der Waals surface area contributed by atoms with E-state index in [1.165, 1.54) is 18.4 Å². The average Bonchev–Trinajstić information content (AvgIpc) is 2.49. The summed E-state index contributed by atoms with van der Waals surface area (Å²) >= 11 is 2.05. The average molecular weight is 281 g/mol. The molecular weight excluding hydrogens is 258 g/mol. The Hall–Kier alpha value is -0.710. The Labute approximate surface area is 120 Å². The monoisotopic (exact) mass is 281 g/mol. The van der Waals surface area contributed by atoms with Gasteiger partial charge in [0.15, 0.2) is 0 Å². The van der Waals surface area contributed by atoms with E-state index in [2.05, 4.69) is 17.4 Å². The minimum atomic E-state index is 0.337. The van der Waals surface area contributed by atoms with Crippen molar-refractivity contribution >= 4 is 11.8 Å². The molecule has 1 atom stereocenters. The number of hydrogen-bond donors (Lipinski definition) is 1. The summed E-state index contributed by atoms with van der Waals surface area (Å²) in [7, 11) is 3.75. The molecule has 1 heterocycles. The minimum absolute atomic E-state index is 0.337. The topological polar surface area (TPSA) is 30.5 Å². The van der Waals surface area contributed by atoms with Gasteiger partial charge in [0.25, 0.3) is 0 Å². The molecule has 1 fully saturated rings. The molecular formula is C15H23NO2S. The summed E-state index contributed by atoms with van der Waals surface area (Å²) in [6.45, 7) is 1.83. The van der Waals surface area contributed by atoms with Gasteiger partial charge in [0, 0.05) is 35.8 Å². The largest absolute Gasteiger partial charge is 0.496 e. The molecule has 1 saturated heterocycles. The maximum atomic E-state index is 5.45. The Kier molecular flexibility index (Phi) is 6.01. The molecule has 106 valence electrons. The van der Waals surface area contributed by atoms with Gasteiger partial charge in [0.1, 0.15) is 5.75 Å². The highest BCUT2D eigenvalue weighted by molar-refractivity contribution is 7.99. The van der Waals surface area contributed by atoms with Crippen LogP contribution in [0.5, 0.6) is 5.75 Å². The number of nitrogens with one attached hydrogen (secondary N) is 1. The van der Waals surface area contributed by atoms with Crippen LogP contribution in [0.15, 0.2) is 24.3 Å². The lowest BCUT2D eigenvalue weighted by Gasteiger charge is -2.25. The van der Waals surface area contributed by atoms with Crippen molar-refractivity contribution in [2.75, 3.05) is 33.1 Å². The van der Waals surface area contributed by atoms with Crippen LogP contribution in [0, 0.1) is 0 Å². The van der Waals surface area contributed by atoms with E-state index < -0.39 is 0 Å². The number of rotatable bonds is 6. The molecule has 1 aromatic carbocycles. The van der Waals surface area contributed by atoms with Gasteiger partial charge >= 0.3 is 0 Å². The van der Waals surface area contributed by atoms with Crippen LogP contribution in [0.25, 0.3) is 0 Å². The van der Waals surface area contributed by atoms with Gasteiger partial charge in [-0.15, -0.1) is 0 Å². The summed E-state index contributed by atoms with van der Waals surface area (Å²) in [6.07, 6.45) is 2.35. The lowest BCUT2D eigenvalue weighted by atomic mass is 10.1. The molecule has 0 aliphatic carbocycles. The number of methoxy groups -OCH3 is 1. The molecule has 1 N–H and O–H groups in total. The van der Waals surface area contributed by atoms with E-state index in [1.54, 1.807) is 7.11 Å². The van der Waals surface area contributed by atoms with Crippen LogP contribution >= 0.6 is 11.8 Å². The van der Waals surface area contributed by atoms with Crippen molar-refractivity contribution in [1.29, 1.82) is 0 Å². The molecule has 1 aliphatic heterocycles. The Bertz CT molecular complexity index is 380. The number of thioether (sulfide) groups is 1. The molecule has 1 aliphatic rings. The number of benzene rings is 1. The number of para-hydroxylation sites is 1. The minimum Gasteiger partial charge on any atom is -0.496 e. The second-order valence-electron chi connectivity index (χ2n) is 4.73. The van der Waals surface area contributed by atoms with Crippen molar-refractivity contribution in [1.82, 2.24) is 5.32 Å². The molecule has 1 aromatic rings. The standard InChI is InChI=1S/C15H23NO2S/c1-16-14(11-19-12-7-9-18-10-8-12)13-5-3-4-6-15(13)17-2/h3-6,12,14,16H,7-11H2,1-2H3. The molecule has 19 heavy (non-hydrogen) atoms. The first-order chi connectivity index (χ1) is 9.35. The second-order valence-corrected chi connectivity index (χ2v) is 6.06. The maximum absolute atomic E-state index is 5.45. The lowest BCUT2D eigenvalue weighted by Crippen LogP contribution is -2.23. The third-order valence-electron chi connectivity index (χ3n) is 3.53. The van der Waals surface area contributed by atoms with Gasteiger partial charge in [-0.1, -0.05) is 18.2 Å². The van der Waals surface area contributed by atoms with E-state index >= 15 is 0 Å². The summed E-state index contributed by atoms with van der Waals surface area (Å²) in [5.41, 5.74) is 1.24. The van der Waals surface area contributed by atoms with Crippen molar-refractivity contribution in [2.45, 2.75) is 24.1 Å². The molecule has 0 spiro atoms. The van der Waals surface area contributed by atoms with Gasteiger partial charge < -0.3 is 14.8 Å². The number of hydrogen-bond acceptors (Lipinski definition) is 4. The summed E-state index contributed by atoms with van der Waals surface area (Å²) in [6, 6.07) is 8.59. The molecule has 4 heteroatoms. The van der Waals surface area contributed by atoms with E-state index in [4.69, 9.17) is 9.47 Å². The summed E-state index contributed by atoms with van der Waals surface area (Å²) in [5.74, 6) is 2.04. The quantitative estimate of drug-likeness (QED) is 0.868. The third kappa shape index (κ3) is 4.13. The first-order valence-electron chi connectivity index (χ1n) is 6.84. The van der Waals surface area contributed by atoms with E-state index in [0.717, 1.165) is 30.0 Å². The van der Waals surface area contributed by atoms with E-state index in [0.29, 0.717) is 6.04 Å². The highest BCUT2D eigenvalue weighted by atomic mass is 32.2. The molecule has 2 rings (SSSR count). The van der Waals surface area contributed by atoms with Crippen LogP contribution in [-0.2, 0) is 4.74 Å². The van der Waals surface area contributed by atoms with Crippen molar-refractivity contribution < 1.29 is 9.47 Å². The molecule has 0 aromatic heterocycles. The Morgan fingerprint density at radius 1 is 1.37 bits per heavy atom. The van der Waals surface area contributed by atoms with E-state index in [9.17, 15) is 0 Å². The zero-order valence-electron chi connectivity index (χ0n) is 11.7. The zero-order valence-corrected chi connectivity index (χ0v) is 12.5. The SMILES string of the molecule is CNC(CSC1CCOCC1)c1ccccc1OC. The Morgan fingerprint density at radius 2 is 2.11 bits per heavy atom. The normalized spacial score (nSPS) is 18.2. The van der Waals surface area contributed by atoms with Crippen LogP contribution in [0.2, 0.25) is 0 Å². The lowest BCUT2D eigenvalue weighted by molar-refractivity contribution is 0.1000. The Morgan fingerprint density at radius 3 is 2.79 bits per heavy atom. The van der Waals surface area contributed by atoms with Crippen LogP contribution < -0.4 is 10.1 Å². The predicted octanol–water partition coefficient (Wildman–Crippen LogP) is 2.87. The fourth-order valence-corrected chi connectivity index (χ4v) is 3.69. The van der Waals surface area contributed by atoms with E-state index in [1.807, 2.05) is 30.9 Å². The van der Waals surface area contributed by atoms with Crippen LogP contribution in [0.1, 0.15) is 24.4 Å². The van der Waals surface area contributed by atoms with Gasteiger partial charge in [-0.25, -0.2) is 0 Å². The molecule has 0 amide bonds. The molecule has 0 saturated carbocycles. The highest BCUT2D eigenvalue weighted by Crippen LogP contribution is 2.30. The third-order valence-corrected chi connectivity index (χ3v) is 5.00. The van der Waals surface area contributed by atoms with Crippen LogP contribution in [0.3, 0.4) is 0 Å². The molecule has 3 nitrogen and oxygen atoms in total. The molecule has 0 bridgehead atoms. The van der Waals surface area contributed by atoms with Gasteiger partial charge in [-0.2, -0.15) is 11.8 Å². The van der Waals surface area contributed by atoms with Crippen LogP contribution in [-0.4, -0.2) is 38.4 Å². The number of ether oxygens (including phenoxy) is 2. The van der Waals surface area contributed by atoms with Gasteiger partial charge in [0.2, 0.25) is 0 Å². The van der Waals surface area contributed by atoms with Gasteiger partial charge in [-0.05, 0) is 26.0 Å². The fourth-order valence-electron chi connectivity index (χ4n) is 2.36. The second kappa shape index (κ2) is 7.78. The predicted molar refractivity (Wildman–Crippen MR) is 81.1 cm³/mol. The maximum Gasteiger partial charge on any atom is 0.123 e. The molecule has 1 unspecified atom stereocenters. The summed E-state index contributed by atoms with van der Waals surface area (Å²) in [4.78, 5) is 0. The zero-order chi connectivity index (χ0) is 13.5. The van der Waals surface area contributed by atoms with Gasteiger partial charge in [0.05, 0.1) is 7.11 Å². The van der Waals surface area contributed by atoms with Crippen molar-refractivity contribution in [3.8, 4) is 5.75 Å². The first-order valence-corrected chi connectivity index (χ1v) is 7.89. The smallest absolute Gasteiger partial charge is 0.123 e. The Balaban J connectivity index is 1.95.